The molecule has 0 radical (unpaired) electrons. The van der Waals surface area contributed by atoms with E-state index in [0.29, 0.717) is 39.0 Å². The molecule has 1 atom stereocenters. The van der Waals surface area contributed by atoms with Gasteiger partial charge in [0.05, 0.1) is 11.1 Å². The second-order valence-corrected chi connectivity index (χ2v) is 9.52. The number of hydrogen-bond donors (Lipinski definition) is 1. The smallest absolute Gasteiger partial charge is 0.229 e. The number of aromatic nitrogens is 2. The van der Waals surface area contributed by atoms with E-state index in [1.54, 1.807) is 12.1 Å². The number of likely N-dealkylation sites (tertiary alicyclic amines) is 1. The fourth-order valence-corrected chi connectivity index (χ4v) is 5.18. The van der Waals surface area contributed by atoms with E-state index in [2.05, 4.69) is 17.2 Å². The molecule has 0 aliphatic carbocycles. The zero-order valence-electron chi connectivity index (χ0n) is 19.3. The van der Waals surface area contributed by atoms with Gasteiger partial charge in [-0.15, -0.1) is 0 Å². The van der Waals surface area contributed by atoms with Gasteiger partial charge >= 0.3 is 0 Å². The van der Waals surface area contributed by atoms with E-state index in [1.165, 1.54) is 12.1 Å². The first-order valence-corrected chi connectivity index (χ1v) is 11.5. The minimum atomic E-state index is -0.508. The number of piperidine rings is 1. The number of rotatable bonds is 5. The SMILES string of the molecule is CNc1cc([C@@]2(C)CCCN(C(=O)C3(Cc4ccc(F)cc4)CCOCC3)C2)nc(C)n1. The lowest BCUT2D eigenvalue weighted by Crippen LogP contribution is -2.54. The molecular formula is C25H33FN4O2. The van der Waals surface area contributed by atoms with Crippen LogP contribution in [0.4, 0.5) is 10.2 Å². The van der Waals surface area contributed by atoms with E-state index in [1.807, 2.05) is 24.9 Å². The second-order valence-electron chi connectivity index (χ2n) is 9.52. The molecule has 6 nitrogen and oxygen atoms in total. The molecule has 1 amide bonds. The molecule has 1 aromatic carbocycles. The molecular weight excluding hydrogens is 407 g/mol. The minimum Gasteiger partial charge on any atom is -0.381 e. The van der Waals surface area contributed by atoms with Crippen molar-refractivity contribution >= 4 is 11.7 Å². The third kappa shape index (κ3) is 4.63. The second kappa shape index (κ2) is 9.14. The molecule has 1 aromatic heterocycles. The Balaban J connectivity index is 1.60. The van der Waals surface area contributed by atoms with Gasteiger partial charge in [-0.05, 0) is 56.7 Å². The molecule has 2 aromatic rings. The van der Waals surface area contributed by atoms with Gasteiger partial charge in [0.25, 0.3) is 0 Å². The standard InChI is InChI=1S/C25H33FN4O2/c1-18-28-21(15-22(27-3)29-18)24(2)9-4-12-30(17-24)23(31)25(10-13-32-14-11-25)16-19-5-7-20(26)8-6-19/h5-8,15H,4,9-14,16-17H2,1-3H3,(H,27,28,29)/t24-/m0/s1. The molecule has 2 aliphatic heterocycles. The maximum Gasteiger partial charge on any atom is 0.229 e. The van der Waals surface area contributed by atoms with Crippen LogP contribution >= 0.6 is 0 Å². The van der Waals surface area contributed by atoms with Gasteiger partial charge in [-0.3, -0.25) is 4.79 Å². The number of anilines is 1. The Kier molecular flexibility index (Phi) is 6.47. The van der Waals surface area contributed by atoms with E-state index in [-0.39, 0.29) is 17.1 Å². The first-order valence-electron chi connectivity index (χ1n) is 11.5. The van der Waals surface area contributed by atoms with Crippen LogP contribution in [0.5, 0.6) is 0 Å². The third-order valence-electron chi connectivity index (χ3n) is 7.06. The van der Waals surface area contributed by atoms with E-state index in [0.717, 1.165) is 42.3 Å². The minimum absolute atomic E-state index is 0.190. The number of nitrogens with one attached hydrogen (secondary N) is 1. The summed E-state index contributed by atoms with van der Waals surface area (Å²) in [7, 11) is 1.86. The molecule has 0 spiro atoms. The molecule has 32 heavy (non-hydrogen) atoms. The summed E-state index contributed by atoms with van der Waals surface area (Å²) in [6.45, 7) is 6.65. The number of hydrogen-bond acceptors (Lipinski definition) is 5. The summed E-state index contributed by atoms with van der Waals surface area (Å²) in [5, 5.41) is 3.12. The number of ether oxygens (including phenoxy) is 1. The van der Waals surface area contributed by atoms with Crippen LogP contribution in [0.15, 0.2) is 30.3 Å². The van der Waals surface area contributed by atoms with Crippen LogP contribution in [-0.4, -0.2) is 54.1 Å². The molecule has 7 heteroatoms. The number of amides is 1. The predicted octanol–water partition coefficient (Wildman–Crippen LogP) is 3.89. The fourth-order valence-electron chi connectivity index (χ4n) is 5.18. The zero-order chi connectivity index (χ0) is 22.8. The van der Waals surface area contributed by atoms with Crippen LogP contribution in [0.25, 0.3) is 0 Å². The van der Waals surface area contributed by atoms with Crippen molar-refractivity contribution in [1.82, 2.24) is 14.9 Å². The quantitative estimate of drug-likeness (QED) is 0.764. The first-order chi connectivity index (χ1) is 15.3. The molecule has 0 saturated carbocycles. The summed E-state index contributed by atoms with van der Waals surface area (Å²) in [5.41, 5.74) is 1.24. The van der Waals surface area contributed by atoms with Gasteiger partial charge in [0.15, 0.2) is 0 Å². The lowest BCUT2D eigenvalue weighted by molar-refractivity contribution is -0.150. The van der Waals surface area contributed by atoms with Crippen molar-refractivity contribution in [2.24, 2.45) is 5.41 Å². The van der Waals surface area contributed by atoms with Gasteiger partial charge in [-0.2, -0.15) is 0 Å². The van der Waals surface area contributed by atoms with Gasteiger partial charge < -0.3 is 15.0 Å². The van der Waals surface area contributed by atoms with Gasteiger partial charge in [0.1, 0.15) is 17.5 Å². The third-order valence-corrected chi connectivity index (χ3v) is 7.06. The molecule has 2 aliphatic rings. The van der Waals surface area contributed by atoms with Crippen molar-refractivity contribution in [1.29, 1.82) is 0 Å². The van der Waals surface area contributed by atoms with Crippen LogP contribution in [0.1, 0.15) is 49.7 Å². The maximum atomic E-state index is 14.0. The predicted molar refractivity (Wildman–Crippen MR) is 122 cm³/mol. The van der Waals surface area contributed by atoms with E-state index >= 15 is 0 Å². The van der Waals surface area contributed by atoms with Crippen molar-refractivity contribution in [3.05, 3.63) is 53.2 Å². The Morgan fingerprint density at radius 1 is 1.19 bits per heavy atom. The van der Waals surface area contributed by atoms with Crippen molar-refractivity contribution in [3.8, 4) is 0 Å². The van der Waals surface area contributed by atoms with E-state index in [4.69, 9.17) is 9.72 Å². The Labute approximate surface area is 189 Å². The molecule has 1 N–H and O–H groups in total. The average molecular weight is 441 g/mol. The molecule has 172 valence electrons. The Bertz CT molecular complexity index is 959. The Morgan fingerprint density at radius 2 is 1.91 bits per heavy atom. The van der Waals surface area contributed by atoms with Crippen molar-refractivity contribution in [2.75, 3.05) is 38.7 Å². The monoisotopic (exact) mass is 440 g/mol. The summed E-state index contributed by atoms with van der Waals surface area (Å²) in [4.78, 5) is 25.2. The highest BCUT2D eigenvalue weighted by Crippen LogP contribution is 2.40. The highest BCUT2D eigenvalue weighted by Gasteiger charge is 2.45. The molecule has 2 fully saturated rings. The number of nitrogens with zero attached hydrogens (tertiary/aromatic N) is 3. The van der Waals surface area contributed by atoms with Crippen LogP contribution < -0.4 is 5.32 Å². The van der Waals surface area contributed by atoms with Crippen LogP contribution in [0.2, 0.25) is 0 Å². The number of aryl methyl sites for hydroxylation is 1. The molecule has 2 saturated heterocycles. The lowest BCUT2D eigenvalue weighted by Gasteiger charge is -2.45. The summed E-state index contributed by atoms with van der Waals surface area (Å²) >= 11 is 0. The van der Waals surface area contributed by atoms with Crippen LogP contribution in [0.3, 0.4) is 0 Å². The zero-order valence-corrected chi connectivity index (χ0v) is 19.3. The van der Waals surface area contributed by atoms with E-state index in [9.17, 15) is 9.18 Å². The van der Waals surface area contributed by atoms with Gasteiger partial charge in [-0.1, -0.05) is 19.1 Å². The summed E-state index contributed by atoms with van der Waals surface area (Å²) < 4.78 is 19.0. The molecule has 0 bridgehead atoms. The largest absolute Gasteiger partial charge is 0.381 e. The number of carbonyl (C=O) groups excluding carboxylic acids is 1. The van der Waals surface area contributed by atoms with E-state index < -0.39 is 5.41 Å². The van der Waals surface area contributed by atoms with Gasteiger partial charge in [-0.25, -0.2) is 14.4 Å². The van der Waals surface area contributed by atoms with Crippen molar-refractivity contribution in [3.63, 3.8) is 0 Å². The Hall–Kier alpha value is -2.54. The number of halogens is 1. The topological polar surface area (TPSA) is 67.4 Å². The molecule has 4 rings (SSSR count). The first kappa shape index (κ1) is 22.6. The van der Waals surface area contributed by atoms with Crippen molar-refractivity contribution in [2.45, 2.75) is 51.4 Å². The summed E-state index contributed by atoms with van der Waals surface area (Å²) in [6.07, 6.45) is 3.90. The Morgan fingerprint density at radius 3 is 2.59 bits per heavy atom. The summed E-state index contributed by atoms with van der Waals surface area (Å²) in [5.74, 6) is 1.47. The van der Waals surface area contributed by atoms with Crippen LogP contribution in [-0.2, 0) is 21.4 Å². The van der Waals surface area contributed by atoms with Crippen LogP contribution in [0, 0.1) is 18.2 Å². The summed E-state index contributed by atoms with van der Waals surface area (Å²) in [6, 6.07) is 8.54. The molecule has 3 heterocycles. The lowest BCUT2D eigenvalue weighted by atomic mass is 9.72. The number of carbonyl (C=O) groups is 1. The normalized spacial score (nSPS) is 23.1. The maximum absolute atomic E-state index is 14.0. The fraction of sp³-hybridized carbons (Fsp3) is 0.560. The molecule has 0 unspecified atom stereocenters. The van der Waals surface area contributed by atoms with Crippen molar-refractivity contribution < 1.29 is 13.9 Å². The average Bonchev–Trinajstić information content (AvgIpc) is 2.80. The highest BCUT2D eigenvalue weighted by molar-refractivity contribution is 5.83. The van der Waals surface area contributed by atoms with Gasteiger partial charge in [0, 0.05) is 44.8 Å². The number of benzene rings is 1. The van der Waals surface area contributed by atoms with Gasteiger partial charge in [0.2, 0.25) is 5.91 Å². The highest BCUT2D eigenvalue weighted by atomic mass is 19.1.